The number of carbonyl (C=O) groups is 2. The number of hydrogen-bond acceptors (Lipinski definition) is 4. The second kappa shape index (κ2) is 10.7. The standard InChI is InChI=1S/C30H36Cl2FN3O3/c1-29(2,3)14-23-30(20-12-9-17(31)13-22(20)35-28(30)39)24(19-5-4-6-21(32)25(19)33)26(36-23)27(38)34-15-16-7-10-18(37)11-8-16/h4-6,9,12-13,16,18,23-24,26,36-37H,7-8,10-11,14-15H2,1-3H3,(H,34,38)(H,35,39)/t16?,18?,23-,24-,26+,30?/m0/s1. The predicted octanol–water partition coefficient (Wildman–Crippen LogP) is 5.55. The summed E-state index contributed by atoms with van der Waals surface area (Å²) in [7, 11) is 0. The number of rotatable bonds is 5. The average Bonchev–Trinajstić information content (AvgIpc) is 3.34. The van der Waals surface area contributed by atoms with Crippen LogP contribution in [-0.4, -0.2) is 41.7 Å². The van der Waals surface area contributed by atoms with Crippen molar-refractivity contribution in [2.75, 3.05) is 11.9 Å². The first kappa shape index (κ1) is 28.3. The van der Waals surface area contributed by atoms with Gasteiger partial charge in [0.1, 0.15) is 11.2 Å². The van der Waals surface area contributed by atoms with Gasteiger partial charge >= 0.3 is 0 Å². The maximum absolute atomic E-state index is 15.8. The number of nitrogens with one attached hydrogen (secondary N) is 3. The van der Waals surface area contributed by atoms with Crippen LogP contribution in [0.1, 0.15) is 69.9 Å². The van der Waals surface area contributed by atoms with Crippen molar-refractivity contribution in [2.45, 2.75) is 82.4 Å². The lowest BCUT2D eigenvalue weighted by Gasteiger charge is -2.37. The zero-order valence-corrected chi connectivity index (χ0v) is 24.0. The van der Waals surface area contributed by atoms with E-state index in [1.807, 2.05) is 6.07 Å². The Balaban J connectivity index is 1.61. The molecule has 5 rings (SSSR count). The highest BCUT2D eigenvalue weighted by Crippen LogP contribution is 2.57. The summed E-state index contributed by atoms with van der Waals surface area (Å²) in [4.78, 5) is 28.1. The van der Waals surface area contributed by atoms with Gasteiger partial charge in [-0.2, -0.15) is 0 Å². The normalized spacial score (nSPS) is 30.3. The summed E-state index contributed by atoms with van der Waals surface area (Å²) in [5, 5.41) is 19.9. The van der Waals surface area contributed by atoms with Crippen LogP contribution in [0.4, 0.5) is 10.1 Å². The SMILES string of the molecule is CC(C)(C)C[C@@H]1N[C@@H](C(=O)NCC2CCC(O)CC2)[C@H](c2cccc(Cl)c2F)C12C(=O)Nc1cc(Cl)ccc12. The van der Waals surface area contributed by atoms with E-state index in [4.69, 9.17) is 23.2 Å². The molecule has 0 bridgehead atoms. The molecule has 39 heavy (non-hydrogen) atoms. The van der Waals surface area contributed by atoms with E-state index in [-0.39, 0.29) is 39.8 Å². The molecule has 2 aliphatic heterocycles. The topological polar surface area (TPSA) is 90.5 Å². The molecular weight excluding hydrogens is 540 g/mol. The maximum Gasteiger partial charge on any atom is 0.237 e. The number of benzene rings is 2. The van der Waals surface area contributed by atoms with Crippen LogP contribution in [0.15, 0.2) is 36.4 Å². The second-order valence-corrected chi connectivity index (χ2v) is 13.4. The first-order chi connectivity index (χ1) is 18.4. The Bertz CT molecular complexity index is 1270. The lowest BCUT2D eigenvalue weighted by molar-refractivity contribution is -0.124. The van der Waals surface area contributed by atoms with Crippen LogP contribution in [0.5, 0.6) is 0 Å². The molecule has 9 heteroatoms. The average molecular weight is 577 g/mol. The number of halogens is 3. The van der Waals surface area contributed by atoms with E-state index >= 15 is 4.39 Å². The Morgan fingerprint density at radius 2 is 1.87 bits per heavy atom. The molecule has 1 spiro atoms. The van der Waals surface area contributed by atoms with Crippen molar-refractivity contribution in [1.82, 2.24) is 10.6 Å². The maximum atomic E-state index is 15.8. The van der Waals surface area contributed by atoms with E-state index in [1.54, 1.807) is 24.3 Å². The summed E-state index contributed by atoms with van der Waals surface area (Å²) < 4.78 is 15.8. The van der Waals surface area contributed by atoms with Gasteiger partial charge in [-0.3, -0.25) is 9.59 Å². The molecule has 1 saturated carbocycles. The molecule has 2 fully saturated rings. The number of aliphatic hydroxyl groups is 1. The van der Waals surface area contributed by atoms with Crippen LogP contribution in [0, 0.1) is 17.2 Å². The molecule has 2 aromatic rings. The first-order valence-corrected chi connectivity index (χ1v) is 14.4. The minimum atomic E-state index is -1.27. The Morgan fingerprint density at radius 3 is 2.56 bits per heavy atom. The minimum Gasteiger partial charge on any atom is -0.393 e. The summed E-state index contributed by atoms with van der Waals surface area (Å²) in [6.07, 6.45) is 3.38. The molecule has 2 heterocycles. The van der Waals surface area contributed by atoms with Gasteiger partial charge in [0.2, 0.25) is 11.8 Å². The van der Waals surface area contributed by atoms with Gasteiger partial charge in [-0.05, 0) is 72.8 Å². The van der Waals surface area contributed by atoms with Gasteiger partial charge in [-0.1, -0.05) is 62.2 Å². The Kier molecular flexibility index (Phi) is 7.74. The number of anilines is 1. The smallest absolute Gasteiger partial charge is 0.237 e. The number of hydrogen-bond donors (Lipinski definition) is 4. The van der Waals surface area contributed by atoms with Gasteiger partial charge in [-0.25, -0.2) is 4.39 Å². The molecule has 0 radical (unpaired) electrons. The number of amides is 2. The zero-order valence-electron chi connectivity index (χ0n) is 22.5. The highest BCUT2D eigenvalue weighted by molar-refractivity contribution is 6.31. The number of carbonyl (C=O) groups excluding carboxylic acids is 2. The molecule has 3 aliphatic rings. The third kappa shape index (κ3) is 5.19. The number of fused-ring (bicyclic) bond motifs is 2. The zero-order chi connectivity index (χ0) is 28.1. The Hall–Kier alpha value is -2.19. The molecular formula is C30H36Cl2FN3O3. The third-order valence-corrected chi connectivity index (χ3v) is 9.13. The van der Waals surface area contributed by atoms with E-state index in [2.05, 4.69) is 36.7 Å². The number of aliphatic hydroxyl groups excluding tert-OH is 1. The molecule has 4 atom stereocenters. The minimum absolute atomic E-state index is 0.0587. The Morgan fingerprint density at radius 1 is 1.15 bits per heavy atom. The fraction of sp³-hybridized carbons (Fsp3) is 0.533. The van der Waals surface area contributed by atoms with E-state index in [0.717, 1.165) is 25.7 Å². The van der Waals surface area contributed by atoms with Gasteiger partial charge in [0.15, 0.2) is 0 Å². The van der Waals surface area contributed by atoms with Crippen LogP contribution in [0.25, 0.3) is 0 Å². The summed E-state index contributed by atoms with van der Waals surface area (Å²) >= 11 is 12.5. The van der Waals surface area contributed by atoms with Gasteiger partial charge in [0, 0.05) is 29.2 Å². The highest BCUT2D eigenvalue weighted by atomic mass is 35.5. The van der Waals surface area contributed by atoms with Gasteiger partial charge in [0.05, 0.1) is 17.2 Å². The highest BCUT2D eigenvalue weighted by Gasteiger charge is 2.66. The fourth-order valence-electron chi connectivity index (χ4n) is 6.86. The molecule has 2 aromatic carbocycles. The molecule has 2 amide bonds. The van der Waals surface area contributed by atoms with Crippen LogP contribution in [0.3, 0.4) is 0 Å². The predicted molar refractivity (Wildman–Crippen MR) is 152 cm³/mol. The van der Waals surface area contributed by atoms with E-state index < -0.39 is 29.2 Å². The van der Waals surface area contributed by atoms with Crippen molar-refractivity contribution in [2.24, 2.45) is 11.3 Å². The van der Waals surface area contributed by atoms with Crippen LogP contribution >= 0.6 is 23.2 Å². The molecule has 4 N–H and O–H groups in total. The summed E-state index contributed by atoms with van der Waals surface area (Å²) in [5.41, 5.74) is 0.0222. The van der Waals surface area contributed by atoms with Crippen molar-refractivity contribution in [1.29, 1.82) is 0 Å². The van der Waals surface area contributed by atoms with Crippen molar-refractivity contribution < 1.29 is 19.1 Å². The van der Waals surface area contributed by atoms with Crippen molar-refractivity contribution in [3.63, 3.8) is 0 Å². The molecule has 210 valence electrons. The van der Waals surface area contributed by atoms with Crippen molar-refractivity contribution >= 4 is 40.7 Å². The quantitative estimate of drug-likeness (QED) is 0.376. The molecule has 0 aromatic heterocycles. The van der Waals surface area contributed by atoms with E-state index in [9.17, 15) is 14.7 Å². The van der Waals surface area contributed by atoms with Crippen molar-refractivity contribution in [3.8, 4) is 0 Å². The summed E-state index contributed by atoms with van der Waals surface area (Å²) in [5.74, 6) is -1.80. The molecule has 1 unspecified atom stereocenters. The molecule has 6 nitrogen and oxygen atoms in total. The largest absolute Gasteiger partial charge is 0.393 e. The van der Waals surface area contributed by atoms with Gasteiger partial charge in [-0.15, -0.1) is 0 Å². The van der Waals surface area contributed by atoms with Crippen LogP contribution < -0.4 is 16.0 Å². The lowest BCUT2D eigenvalue weighted by atomic mass is 9.62. The molecule has 1 aliphatic carbocycles. The monoisotopic (exact) mass is 575 g/mol. The van der Waals surface area contributed by atoms with Crippen LogP contribution in [0.2, 0.25) is 10.0 Å². The lowest BCUT2D eigenvalue weighted by Crippen LogP contribution is -2.49. The Labute approximate surface area is 239 Å². The van der Waals surface area contributed by atoms with Gasteiger partial charge in [0.25, 0.3) is 0 Å². The summed E-state index contributed by atoms with van der Waals surface area (Å²) in [6.45, 7) is 6.71. The van der Waals surface area contributed by atoms with E-state index in [1.165, 1.54) is 6.07 Å². The fourth-order valence-corrected chi connectivity index (χ4v) is 7.21. The second-order valence-electron chi connectivity index (χ2n) is 12.5. The first-order valence-electron chi connectivity index (χ1n) is 13.7. The third-order valence-electron chi connectivity index (χ3n) is 8.60. The van der Waals surface area contributed by atoms with Crippen LogP contribution in [-0.2, 0) is 15.0 Å². The molecule has 1 saturated heterocycles. The van der Waals surface area contributed by atoms with Crippen molar-refractivity contribution in [3.05, 3.63) is 63.4 Å². The van der Waals surface area contributed by atoms with Gasteiger partial charge < -0.3 is 21.1 Å². The summed E-state index contributed by atoms with van der Waals surface area (Å²) in [6, 6.07) is 8.65. The van der Waals surface area contributed by atoms with E-state index in [0.29, 0.717) is 29.2 Å².